The number of nitrogens with zero attached hydrogens (tertiary/aromatic N) is 1. The number of likely N-dealkylation sites (N-methyl/N-ethyl adjacent to an activating group) is 1. The van der Waals surface area contributed by atoms with Gasteiger partial charge < -0.3 is 24.1 Å². The molecule has 0 heterocycles. The standard InChI is InChI=1S/C20H27NO5/c1-21(13-16(22)14-26-17-8-6-5-7-9-17)12-15-10-18(23-2)20(25-4)19(11-15)24-3/h5-11,16,22H,12-14H2,1-4H3. The van der Waals surface area contributed by atoms with Crippen molar-refractivity contribution < 1.29 is 24.1 Å². The molecule has 26 heavy (non-hydrogen) atoms. The first-order chi connectivity index (χ1) is 12.6. The lowest BCUT2D eigenvalue weighted by Crippen LogP contribution is -2.32. The Bertz CT molecular complexity index is 652. The monoisotopic (exact) mass is 361 g/mol. The summed E-state index contributed by atoms with van der Waals surface area (Å²) in [6, 6.07) is 13.3. The Morgan fingerprint density at radius 3 is 2.12 bits per heavy atom. The van der Waals surface area contributed by atoms with Crippen LogP contribution < -0.4 is 18.9 Å². The molecule has 142 valence electrons. The van der Waals surface area contributed by atoms with Gasteiger partial charge in [-0.15, -0.1) is 0 Å². The number of methoxy groups -OCH3 is 3. The quantitative estimate of drug-likeness (QED) is 0.702. The van der Waals surface area contributed by atoms with Crippen molar-refractivity contribution in [2.45, 2.75) is 12.6 Å². The largest absolute Gasteiger partial charge is 0.493 e. The topological polar surface area (TPSA) is 60.4 Å². The van der Waals surface area contributed by atoms with Crippen LogP contribution in [0.25, 0.3) is 0 Å². The second-order valence-corrected chi connectivity index (χ2v) is 6.01. The van der Waals surface area contributed by atoms with E-state index < -0.39 is 6.10 Å². The average molecular weight is 361 g/mol. The van der Waals surface area contributed by atoms with E-state index in [2.05, 4.69) is 0 Å². The number of benzene rings is 2. The number of para-hydroxylation sites is 1. The molecule has 1 N–H and O–H groups in total. The van der Waals surface area contributed by atoms with Crippen LogP contribution in [0, 0.1) is 0 Å². The summed E-state index contributed by atoms with van der Waals surface area (Å²) >= 11 is 0. The highest BCUT2D eigenvalue weighted by molar-refractivity contribution is 5.53. The van der Waals surface area contributed by atoms with Crippen molar-refractivity contribution in [3.63, 3.8) is 0 Å². The Morgan fingerprint density at radius 1 is 0.962 bits per heavy atom. The molecule has 6 heteroatoms. The molecule has 0 amide bonds. The molecule has 2 aromatic rings. The van der Waals surface area contributed by atoms with Crippen molar-refractivity contribution in [3.05, 3.63) is 48.0 Å². The van der Waals surface area contributed by atoms with Gasteiger partial charge in [-0.1, -0.05) is 18.2 Å². The van der Waals surface area contributed by atoms with Crippen LogP contribution in [0.3, 0.4) is 0 Å². The maximum Gasteiger partial charge on any atom is 0.203 e. The van der Waals surface area contributed by atoms with E-state index in [1.807, 2.05) is 54.4 Å². The normalized spacial score (nSPS) is 11.9. The molecule has 2 aromatic carbocycles. The number of hydrogen-bond donors (Lipinski definition) is 1. The highest BCUT2D eigenvalue weighted by Crippen LogP contribution is 2.38. The SMILES string of the molecule is COc1cc(CN(C)CC(O)COc2ccccc2)cc(OC)c1OC. The summed E-state index contributed by atoms with van der Waals surface area (Å²) in [5, 5.41) is 10.2. The van der Waals surface area contributed by atoms with Crippen LogP contribution >= 0.6 is 0 Å². The minimum Gasteiger partial charge on any atom is -0.493 e. The van der Waals surface area contributed by atoms with E-state index in [1.54, 1.807) is 21.3 Å². The summed E-state index contributed by atoms with van der Waals surface area (Å²) in [6.45, 7) is 1.34. The molecular weight excluding hydrogens is 334 g/mol. The molecule has 0 aliphatic carbocycles. The number of aliphatic hydroxyl groups is 1. The van der Waals surface area contributed by atoms with Crippen LogP contribution in [0.4, 0.5) is 0 Å². The lowest BCUT2D eigenvalue weighted by atomic mass is 10.1. The van der Waals surface area contributed by atoms with Crippen molar-refractivity contribution in [2.75, 3.05) is 41.5 Å². The predicted octanol–water partition coefficient (Wildman–Crippen LogP) is 2.58. The Balaban J connectivity index is 1.93. The summed E-state index contributed by atoms with van der Waals surface area (Å²) in [4.78, 5) is 2.01. The van der Waals surface area contributed by atoms with Gasteiger partial charge in [0.15, 0.2) is 11.5 Å². The first-order valence-electron chi connectivity index (χ1n) is 8.40. The molecule has 0 radical (unpaired) electrons. The van der Waals surface area contributed by atoms with Crippen LogP contribution in [-0.4, -0.2) is 57.6 Å². The fraction of sp³-hybridized carbons (Fsp3) is 0.400. The molecular formula is C20H27NO5. The zero-order chi connectivity index (χ0) is 18.9. The van der Waals surface area contributed by atoms with Crippen molar-refractivity contribution in [1.82, 2.24) is 4.90 Å². The van der Waals surface area contributed by atoms with Crippen molar-refractivity contribution >= 4 is 0 Å². The maximum absolute atomic E-state index is 10.2. The van der Waals surface area contributed by atoms with Gasteiger partial charge in [0, 0.05) is 13.1 Å². The average Bonchev–Trinajstić information content (AvgIpc) is 2.66. The number of aliphatic hydroxyl groups excluding tert-OH is 1. The molecule has 1 unspecified atom stereocenters. The van der Waals surface area contributed by atoms with Crippen LogP contribution in [0.1, 0.15) is 5.56 Å². The zero-order valence-electron chi connectivity index (χ0n) is 15.8. The van der Waals surface area contributed by atoms with Gasteiger partial charge >= 0.3 is 0 Å². The fourth-order valence-electron chi connectivity index (χ4n) is 2.72. The van der Waals surface area contributed by atoms with Gasteiger partial charge in [-0.25, -0.2) is 0 Å². The molecule has 0 saturated heterocycles. The molecule has 0 bridgehead atoms. The summed E-state index contributed by atoms with van der Waals surface area (Å²) in [5.74, 6) is 2.54. The molecule has 6 nitrogen and oxygen atoms in total. The lowest BCUT2D eigenvalue weighted by molar-refractivity contribution is 0.0743. The summed E-state index contributed by atoms with van der Waals surface area (Å²) in [6.07, 6.45) is -0.595. The molecule has 0 aliphatic heterocycles. The second kappa shape index (κ2) is 9.89. The van der Waals surface area contributed by atoms with Gasteiger partial charge in [-0.2, -0.15) is 0 Å². The number of ether oxygens (including phenoxy) is 4. The first kappa shape index (κ1) is 19.9. The first-order valence-corrected chi connectivity index (χ1v) is 8.40. The van der Waals surface area contributed by atoms with Crippen molar-refractivity contribution in [3.8, 4) is 23.0 Å². The van der Waals surface area contributed by atoms with E-state index in [0.717, 1.165) is 11.3 Å². The molecule has 2 rings (SSSR count). The van der Waals surface area contributed by atoms with Gasteiger partial charge in [0.05, 0.1) is 21.3 Å². The van der Waals surface area contributed by atoms with E-state index in [4.69, 9.17) is 18.9 Å². The molecule has 0 fully saturated rings. The summed E-state index contributed by atoms with van der Waals surface area (Å²) < 4.78 is 21.7. The minimum atomic E-state index is -0.595. The number of hydrogen-bond acceptors (Lipinski definition) is 6. The van der Waals surface area contributed by atoms with Crippen molar-refractivity contribution in [1.29, 1.82) is 0 Å². The summed E-state index contributed by atoms with van der Waals surface area (Å²) in [7, 11) is 6.70. The third-order valence-corrected chi connectivity index (χ3v) is 3.89. The Labute approximate surface area is 154 Å². The predicted molar refractivity (Wildman–Crippen MR) is 100 cm³/mol. The van der Waals surface area contributed by atoms with Gasteiger partial charge in [0.2, 0.25) is 5.75 Å². The van der Waals surface area contributed by atoms with E-state index in [0.29, 0.717) is 30.3 Å². The van der Waals surface area contributed by atoms with Gasteiger partial charge in [0.1, 0.15) is 18.5 Å². The van der Waals surface area contributed by atoms with Gasteiger partial charge in [-0.05, 0) is 36.9 Å². The lowest BCUT2D eigenvalue weighted by Gasteiger charge is -2.22. The number of rotatable bonds is 10. The third-order valence-electron chi connectivity index (χ3n) is 3.89. The van der Waals surface area contributed by atoms with E-state index >= 15 is 0 Å². The van der Waals surface area contributed by atoms with E-state index in [-0.39, 0.29) is 6.61 Å². The van der Waals surface area contributed by atoms with Gasteiger partial charge in [0.25, 0.3) is 0 Å². The van der Waals surface area contributed by atoms with Crippen molar-refractivity contribution in [2.24, 2.45) is 0 Å². The van der Waals surface area contributed by atoms with Crippen LogP contribution in [-0.2, 0) is 6.54 Å². The van der Waals surface area contributed by atoms with E-state index in [1.165, 1.54) is 0 Å². The van der Waals surface area contributed by atoms with E-state index in [9.17, 15) is 5.11 Å². The Kier molecular flexibility index (Phi) is 7.56. The fourth-order valence-corrected chi connectivity index (χ4v) is 2.72. The van der Waals surface area contributed by atoms with Crippen LogP contribution in [0.15, 0.2) is 42.5 Å². The Morgan fingerprint density at radius 2 is 1.58 bits per heavy atom. The summed E-state index contributed by atoms with van der Waals surface area (Å²) in [5.41, 5.74) is 0.998. The van der Waals surface area contributed by atoms with Gasteiger partial charge in [-0.3, -0.25) is 4.90 Å². The second-order valence-electron chi connectivity index (χ2n) is 6.01. The molecule has 1 atom stereocenters. The third kappa shape index (κ3) is 5.54. The molecule has 0 saturated carbocycles. The molecule has 0 spiro atoms. The molecule has 0 aromatic heterocycles. The van der Waals surface area contributed by atoms with Crippen LogP contribution in [0.2, 0.25) is 0 Å². The Hall–Kier alpha value is -2.44. The van der Waals surface area contributed by atoms with Crippen LogP contribution in [0.5, 0.6) is 23.0 Å². The highest BCUT2D eigenvalue weighted by atomic mass is 16.5. The zero-order valence-corrected chi connectivity index (χ0v) is 15.8. The highest BCUT2D eigenvalue weighted by Gasteiger charge is 2.15. The smallest absolute Gasteiger partial charge is 0.203 e. The molecule has 0 aliphatic rings. The maximum atomic E-state index is 10.2. The minimum absolute atomic E-state index is 0.240.